The van der Waals surface area contributed by atoms with Crippen molar-refractivity contribution in [2.75, 3.05) is 0 Å². The Labute approximate surface area is 89.6 Å². The number of benzene rings is 1. The molecule has 15 heavy (non-hydrogen) atoms. The molecule has 0 N–H and O–H groups in total. The van der Waals surface area contributed by atoms with Crippen molar-refractivity contribution >= 4 is 5.91 Å². The molecule has 0 spiro atoms. The Morgan fingerprint density at radius 2 is 1.93 bits per heavy atom. The topological polar surface area (TPSA) is 32.6 Å². The van der Waals surface area contributed by atoms with Gasteiger partial charge in [0.2, 0.25) is 0 Å². The van der Waals surface area contributed by atoms with Crippen LogP contribution in [0.4, 0.5) is 0 Å². The zero-order chi connectivity index (χ0) is 11.1. The zero-order valence-electron chi connectivity index (χ0n) is 9.23. The molecule has 0 aromatic heterocycles. The van der Waals surface area contributed by atoms with Crippen LogP contribution < -0.4 is 0 Å². The zero-order valence-corrected chi connectivity index (χ0v) is 9.23. The summed E-state index contributed by atoms with van der Waals surface area (Å²) in [7, 11) is 0. The van der Waals surface area contributed by atoms with Crippen LogP contribution in [0.5, 0.6) is 0 Å². The maximum Gasteiger partial charge on any atom is 0.280 e. The van der Waals surface area contributed by atoms with Crippen molar-refractivity contribution in [3.05, 3.63) is 35.9 Å². The summed E-state index contributed by atoms with van der Waals surface area (Å²) < 4.78 is 0. The lowest BCUT2D eigenvalue weighted by Gasteiger charge is -2.08. The third-order valence-corrected chi connectivity index (χ3v) is 2.92. The summed E-state index contributed by atoms with van der Waals surface area (Å²) in [4.78, 5) is 17.3. The summed E-state index contributed by atoms with van der Waals surface area (Å²) in [6.07, 6.45) is 0. The summed E-state index contributed by atoms with van der Waals surface area (Å²) in [5.41, 5.74) is 0.245. The van der Waals surface area contributed by atoms with Gasteiger partial charge in [0.15, 0.2) is 5.72 Å². The molecular weight excluding hydrogens is 190 g/mol. The lowest BCUT2D eigenvalue weighted by atomic mass is 10.0. The molecule has 2 rings (SSSR count). The van der Waals surface area contributed by atoms with Crippen LogP contribution >= 0.6 is 0 Å². The predicted octanol–water partition coefficient (Wildman–Crippen LogP) is 2.45. The first-order chi connectivity index (χ1) is 7.05. The van der Waals surface area contributed by atoms with E-state index in [0.29, 0.717) is 11.5 Å². The van der Waals surface area contributed by atoms with Crippen LogP contribution in [0.1, 0.15) is 31.1 Å². The highest BCUT2D eigenvalue weighted by atomic mass is 16.9. The molecule has 3 nitrogen and oxygen atoms in total. The number of carbonyl (C=O) groups excluding carboxylic acids is 1. The minimum Gasteiger partial charge on any atom is -0.267 e. The fourth-order valence-corrected chi connectivity index (χ4v) is 1.45. The Balaban J connectivity index is 2.13. The van der Waals surface area contributed by atoms with E-state index < -0.39 is 5.72 Å². The Morgan fingerprint density at radius 3 is 2.40 bits per heavy atom. The van der Waals surface area contributed by atoms with Gasteiger partial charge in [0.25, 0.3) is 5.91 Å². The largest absolute Gasteiger partial charge is 0.280 e. The molecule has 1 unspecified atom stereocenters. The second-order valence-corrected chi connectivity index (χ2v) is 4.27. The van der Waals surface area contributed by atoms with Gasteiger partial charge in [-0.05, 0) is 19.1 Å². The summed E-state index contributed by atoms with van der Waals surface area (Å²) in [5.74, 6) is 0.233. The first-order valence-electron chi connectivity index (χ1n) is 5.14. The van der Waals surface area contributed by atoms with E-state index >= 15 is 0 Å². The van der Waals surface area contributed by atoms with Crippen molar-refractivity contribution in [3.8, 4) is 0 Å². The highest BCUT2D eigenvalue weighted by Crippen LogP contribution is 2.41. The van der Waals surface area contributed by atoms with Gasteiger partial charge < -0.3 is 0 Å². The second-order valence-electron chi connectivity index (χ2n) is 4.27. The van der Waals surface area contributed by atoms with Gasteiger partial charge >= 0.3 is 0 Å². The normalized spacial score (nSPS) is 24.4. The average Bonchev–Trinajstić information content (AvgIpc) is 2.93. The molecule has 1 aliphatic heterocycles. The van der Waals surface area contributed by atoms with Crippen LogP contribution in [0.3, 0.4) is 0 Å². The number of nitrogens with zero attached hydrogens (tertiary/aromatic N) is 1. The molecule has 1 amide bonds. The molecule has 1 aromatic rings. The monoisotopic (exact) mass is 205 g/mol. The first kappa shape index (κ1) is 10.2. The third-order valence-electron chi connectivity index (χ3n) is 2.92. The Kier molecular flexibility index (Phi) is 2.27. The van der Waals surface area contributed by atoms with Crippen molar-refractivity contribution in [1.82, 2.24) is 5.06 Å². The number of amides is 1. The van der Waals surface area contributed by atoms with Gasteiger partial charge in [0, 0.05) is 11.5 Å². The molecule has 0 aliphatic carbocycles. The lowest BCUT2D eigenvalue weighted by molar-refractivity contribution is 0.0712. The molecule has 1 aromatic carbocycles. The highest BCUT2D eigenvalue weighted by Gasteiger charge is 2.56. The molecule has 1 saturated heterocycles. The van der Waals surface area contributed by atoms with Gasteiger partial charge in [-0.1, -0.05) is 32.0 Å². The Hall–Kier alpha value is -1.35. The smallest absolute Gasteiger partial charge is 0.267 e. The first-order valence-corrected chi connectivity index (χ1v) is 5.14. The van der Waals surface area contributed by atoms with Gasteiger partial charge in [-0.15, -0.1) is 0 Å². The number of hydrogen-bond donors (Lipinski definition) is 0. The molecule has 1 aliphatic rings. The average molecular weight is 205 g/mol. The SMILES string of the molecule is CC(C)C1(C)ON1C(=O)c1ccccc1. The van der Waals surface area contributed by atoms with Crippen molar-refractivity contribution in [2.45, 2.75) is 26.5 Å². The fraction of sp³-hybridized carbons (Fsp3) is 0.417. The summed E-state index contributed by atoms with van der Waals surface area (Å²) in [6.45, 7) is 6.01. The van der Waals surface area contributed by atoms with Gasteiger partial charge in [-0.3, -0.25) is 4.79 Å². The Bertz CT molecular complexity index is 374. The maximum absolute atomic E-state index is 11.9. The molecule has 1 heterocycles. The fourth-order valence-electron chi connectivity index (χ4n) is 1.45. The summed E-state index contributed by atoms with van der Waals surface area (Å²) >= 11 is 0. The summed E-state index contributed by atoms with van der Waals surface area (Å²) in [5, 5.41) is 1.45. The van der Waals surface area contributed by atoms with Crippen molar-refractivity contribution in [1.29, 1.82) is 0 Å². The quantitative estimate of drug-likeness (QED) is 0.695. The van der Waals surface area contributed by atoms with Crippen LogP contribution in [0.2, 0.25) is 0 Å². The van der Waals surface area contributed by atoms with E-state index in [-0.39, 0.29) is 5.91 Å². The van der Waals surface area contributed by atoms with E-state index in [1.54, 1.807) is 12.1 Å². The van der Waals surface area contributed by atoms with Crippen molar-refractivity contribution in [3.63, 3.8) is 0 Å². The van der Waals surface area contributed by atoms with Crippen LogP contribution in [-0.2, 0) is 4.84 Å². The van der Waals surface area contributed by atoms with E-state index in [1.807, 2.05) is 39.0 Å². The van der Waals surface area contributed by atoms with Crippen molar-refractivity contribution in [2.24, 2.45) is 5.92 Å². The minimum absolute atomic E-state index is 0.0631. The standard InChI is InChI=1S/C12H15NO2/c1-9(2)12(3)13(15-12)11(14)10-7-5-4-6-8-10/h4-9H,1-3H3. The highest BCUT2D eigenvalue weighted by molar-refractivity contribution is 5.94. The van der Waals surface area contributed by atoms with Gasteiger partial charge in [0.05, 0.1) is 0 Å². The van der Waals surface area contributed by atoms with E-state index in [9.17, 15) is 4.79 Å². The molecule has 1 atom stereocenters. The van der Waals surface area contributed by atoms with E-state index in [1.165, 1.54) is 5.06 Å². The second kappa shape index (κ2) is 3.35. The van der Waals surface area contributed by atoms with Crippen molar-refractivity contribution < 1.29 is 9.63 Å². The molecule has 0 radical (unpaired) electrons. The van der Waals surface area contributed by atoms with E-state index in [0.717, 1.165) is 0 Å². The van der Waals surface area contributed by atoms with Gasteiger partial charge in [0.1, 0.15) is 0 Å². The molecular formula is C12H15NO2. The third kappa shape index (κ3) is 1.63. The lowest BCUT2D eigenvalue weighted by Crippen LogP contribution is -2.25. The number of carbonyl (C=O) groups is 1. The van der Waals surface area contributed by atoms with E-state index in [4.69, 9.17) is 4.84 Å². The molecule has 1 fully saturated rings. The number of hydrogen-bond acceptors (Lipinski definition) is 2. The molecule has 0 bridgehead atoms. The molecule has 0 saturated carbocycles. The predicted molar refractivity (Wildman–Crippen MR) is 56.9 cm³/mol. The minimum atomic E-state index is -0.424. The molecule has 3 heteroatoms. The van der Waals surface area contributed by atoms with Gasteiger partial charge in [-0.25, -0.2) is 4.84 Å². The van der Waals surface area contributed by atoms with Crippen LogP contribution in [0, 0.1) is 5.92 Å². The van der Waals surface area contributed by atoms with Crippen LogP contribution in [0.25, 0.3) is 0 Å². The van der Waals surface area contributed by atoms with Crippen LogP contribution in [-0.4, -0.2) is 16.7 Å². The van der Waals surface area contributed by atoms with Gasteiger partial charge in [-0.2, -0.15) is 5.06 Å². The molecule has 80 valence electrons. The maximum atomic E-state index is 11.9. The summed E-state index contributed by atoms with van der Waals surface area (Å²) in [6, 6.07) is 9.18. The van der Waals surface area contributed by atoms with Crippen LogP contribution in [0.15, 0.2) is 30.3 Å². The number of rotatable bonds is 2. The number of hydroxylamine groups is 2. The van der Waals surface area contributed by atoms with E-state index in [2.05, 4.69) is 0 Å². The Morgan fingerprint density at radius 1 is 1.33 bits per heavy atom.